The summed E-state index contributed by atoms with van der Waals surface area (Å²) in [5, 5.41) is 0. The standard InChI is InChI=1S/C15H26/c1-5-10-6-11-9(2)14(12(11)7-10)13-8-15(13,3)4/h9-14H,5-8H2,1-4H3. The van der Waals surface area contributed by atoms with Crippen molar-refractivity contribution < 1.29 is 0 Å². The fraction of sp³-hybridized carbons (Fsp3) is 1.00. The third-order valence-electron chi connectivity index (χ3n) is 6.17. The predicted octanol–water partition coefficient (Wildman–Crippen LogP) is 4.35. The molecular formula is C15H26. The summed E-state index contributed by atoms with van der Waals surface area (Å²) >= 11 is 0. The fourth-order valence-electron chi connectivity index (χ4n) is 4.96. The minimum absolute atomic E-state index is 0.703. The molecule has 0 bridgehead atoms. The summed E-state index contributed by atoms with van der Waals surface area (Å²) < 4.78 is 0. The van der Waals surface area contributed by atoms with Crippen LogP contribution in [0.25, 0.3) is 0 Å². The number of rotatable bonds is 2. The lowest BCUT2D eigenvalue weighted by Crippen LogP contribution is -2.43. The van der Waals surface area contributed by atoms with Crippen LogP contribution in [0.15, 0.2) is 0 Å². The average molecular weight is 206 g/mol. The van der Waals surface area contributed by atoms with Gasteiger partial charge < -0.3 is 0 Å². The lowest BCUT2D eigenvalue weighted by Gasteiger charge is -2.49. The second-order valence-corrected chi connectivity index (χ2v) is 7.31. The molecule has 3 aliphatic carbocycles. The Balaban J connectivity index is 1.69. The van der Waals surface area contributed by atoms with Crippen LogP contribution in [0.1, 0.15) is 53.4 Å². The van der Waals surface area contributed by atoms with Crippen LogP contribution >= 0.6 is 0 Å². The highest BCUT2D eigenvalue weighted by molar-refractivity contribution is 5.10. The molecular weight excluding hydrogens is 180 g/mol. The molecule has 86 valence electrons. The van der Waals surface area contributed by atoms with Crippen molar-refractivity contribution in [3.8, 4) is 0 Å². The van der Waals surface area contributed by atoms with Crippen molar-refractivity contribution in [2.75, 3.05) is 0 Å². The minimum Gasteiger partial charge on any atom is -0.0651 e. The molecule has 0 aromatic heterocycles. The van der Waals surface area contributed by atoms with Gasteiger partial charge in [0, 0.05) is 0 Å². The molecule has 0 aromatic rings. The normalized spacial score (nSPS) is 56.0. The molecule has 0 amide bonds. The predicted molar refractivity (Wildman–Crippen MR) is 64.5 cm³/mol. The van der Waals surface area contributed by atoms with E-state index in [2.05, 4.69) is 27.7 Å². The summed E-state index contributed by atoms with van der Waals surface area (Å²) in [6, 6.07) is 0. The zero-order valence-electron chi connectivity index (χ0n) is 10.8. The molecule has 0 spiro atoms. The first kappa shape index (κ1) is 10.2. The zero-order valence-corrected chi connectivity index (χ0v) is 10.8. The van der Waals surface area contributed by atoms with E-state index in [1.54, 1.807) is 12.8 Å². The van der Waals surface area contributed by atoms with Crippen molar-refractivity contribution in [1.29, 1.82) is 0 Å². The van der Waals surface area contributed by atoms with Crippen molar-refractivity contribution in [2.24, 2.45) is 40.9 Å². The van der Waals surface area contributed by atoms with E-state index in [4.69, 9.17) is 0 Å². The lowest BCUT2D eigenvalue weighted by atomic mass is 9.56. The molecule has 0 nitrogen and oxygen atoms in total. The average Bonchev–Trinajstić information content (AvgIpc) is 2.64. The molecule has 0 radical (unpaired) electrons. The van der Waals surface area contributed by atoms with Gasteiger partial charge in [0.2, 0.25) is 0 Å². The van der Waals surface area contributed by atoms with Gasteiger partial charge >= 0.3 is 0 Å². The molecule has 0 aromatic carbocycles. The van der Waals surface area contributed by atoms with Gasteiger partial charge in [-0.3, -0.25) is 0 Å². The van der Waals surface area contributed by atoms with E-state index in [0.29, 0.717) is 5.41 Å². The molecule has 3 aliphatic rings. The quantitative estimate of drug-likeness (QED) is 0.630. The number of hydrogen-bond donors (Lipinski definition) is 0. The number of fused-ring (bicyclic) bond motifs is 1. The topological polar surface area (TPSA) is 0 Å². The van der Waals surface area contributed by atoms with E-state index in [9.17, 15) is 0 Å². The molecule has 3 fully saturated rings. The van der Waals surface area contributed by atoms with Crippen LogP contribution in [-0.4, -0.2) is 0 Å². The van der Waals surface area contributed by atoms with Gasteiger partial charge in [-0.1, -0.05) is 34.1 Å². The van der Waals surface area contributed by atoms with E-state index < -0.39 is 0 Å². The largest absolute Gasteiger partial charge is 0.0651 e. The minimum atomic E-state index is 0.703. The SMILES string of the molecule is CCC1CC2C(C)C(C3CC3(C)C)C2C1. The van der Waals surface area contributed by atoms with Crippen molar-refractivity contribution in [3.05, 3.63) is 0 Å². The second-order valence-electron chi connectivity index (χ2n) is 7.31. The van der Waals surface area contributed by atoms with Gasteiger partial charge in [0.15, 0.2) is 0 Å². The van der Waals surface area contributed by atoms with E-state index >= 15 is 0 Å². The van der Waals surface area contributed by atoms with Crippen LogP contribution in [0.4, 0.5) is 0 Å². The lowest BCUT2D eigenvalue weighted by molar-refractivity contribution is -0.00880. The Morgan fingerprint density at radius 3 is 2.27 bits per heavy atom. The Hall–Kier alpha value is 0. The summed E-state index contributed by atoms with van der Waals surface area (Å²) in [7, 11) is 0. The maximum atomic E-state index is 2.54. The smallest absolute Gasteiger partial charge is 0.0320 e. The molecule has 0 heteroatoms. The van der Waals surface area contributed by atoms with Gasteiger partial charge in [-0.25, -0.2) is 0 Å². The van der Waals surface area contributed by atoms with Crippen molar-refractivity contribution in [2.45, 2.75) is 53.4 Å². The van der Waals surface area contributed by atoms with E-state index in [1.807, 2.05) is 0 Å². The fourth-order valence-corrected chi connectivity index (χ4v) is 4.96. The highest BCUT2D eigenvalue weighted by Gasteiger charge is 2.62. The van der Waals surface area contributed by atoms with Crippen LogP contribution < -0.4 is 0 Å². The summed E-state index contributed by atoms with van der Waals surface area (Å²) in [4.78, 5) is 0. The van der Waals surface area contributed by atoms with Crippen molar-refractivity contribution in [1.82, 2.24) is 0 Å². The Morgan fingerprint density at radius 1 is 1.13 bits per heavy atom. The third kappa shape index (κ3) is 1.33. The van der Waals surface area contributed by atoms with Gasteiger partial charge in [-0.05, 0) is 60.2 Å². The van der Waals surface area contributed by atoms with Crippen LogP contribution in [0.5, 0.6) is 0 Å². The van der Waals surface area contributed by atoms with Crippen LogP contribution in [0.2, 0.25) is 0 Å². The molecule has 6 unspecified atom stereocenters. The first-order valence-electron chi connectivity index (χ1n) is 7.04. The third-order valence-corrected chi connectivity index (χ3v) is 6.17. The maximum Gasteiger partial charge on any atom is -0.0320 e. The summed E-state index contributed by atoms with van der Waals surface area (Å²) in [6.45, 7) is 9.88. The van der Waals surface area contributed by atoms with Crippen LogP contribution in [0, 0.1) is 40.9 Å². The summed E-state index contributed by atoms with van der Waals surface area (Å²) in [6.07, 6.45) is 6.08. The monoisotopic (exact) mass is 206 g/mol. The van der Waals surface area contributed by atoms with Gasteiger partial charge in [0.05, 0.1) is 0 Å². The molecule has 0 N–H and O–H groups in total. The van der Waals surface area contributed by atoms with Gasteiger partial charge in [-0.2, -0.15) is 0 Å². The second kappa shape index (κ2) is 3.02. The van der Waals surface area contributed by atoms with Crippen LogP contribution in [0.3, 0.4) is 0 Å². The van der Waals surface area contributed by atoms with Crippen molar-refractivity contribution >= 4 is 0 Å². The molecule has 15 heavy (non-hydrogen) atoms. The first-order chi connectivity index (χ1) is 7.04. The molecule has 6 atom stereocenters. The molecule has 0 saturated heterocycles. The van der Waals surface area contributed by atoms with E-state index in [-0.39, 0.29) is 0 Å². The Bertz CT molecular complexity index is 265. The van der Waals surface area contributed by atoms with Gasteiger partial charge in [0.1, 0.15) is 0 Å². The first-order valence-corrected chi connectivity index (χ1v) is 7.04. The summed E-state index contributed by atoms with van der Waals surface area (Å²) in [5.74, 6) is 6.59. The Labute approximate surface area is 94.8 Å². The van der Waals surface area contributed by atoms with Gasteiger partial charge in [0.25, 0.3) is 0 Å². The van der Waals surface area contributed by atoms with E-state index in [0.717, 1.165) is 35.5 Å². The number of hydrogen-bond acceptors (Lipinski definition) is 0. The van der Waals surface area contributed by atoms with Gasteiger partial charge in [-0.15, -0.1) is 0 Å². The Kier molecular flexibility index (Phi) is 2.05. The molecule has 3 saturated carbocycles. The highest BCUT2D eigenvalue weighted by Crippen LogP contribution is 2.69. The Morgan fingerprint density at radius 2 is 1.73 bits per heavy atom. The van der Waals surface area contributed by atoms with Crippen molar-refractivity contribution in [3.63, 3.8) is 0 Å². The van der Waals surface area contributed by atoms with Crippen LogP contribution in [-0.2, 0) is 0 Å². The zero-order chi connectivity index (χ0) is 10.8. The maximum absolute atomic E-state index is 2.54. The molecule has 3 rings (SSSR count). The van der Waals surface area contributed by atoms with E-state index in [1.165, 1.54) is 12.8 Å². The molecule has 0 aliphatic heterocycles. The highest BCUT2D eigenvalue weighted by atomic mass is 14.7. The summed E-state index contributed by atoms with van der Waals surface area (Å²) in [5.41, 5.74) is 0.703. The molecule has 0 heterocycles.